The topological polar surface area (TPSA) is 12.0 Å². The standard InChI is InChI=1S/C12H13NS/c1-2-10-8-9-14-12(10)13-11-6-4-3-5-7-11/h3-9,13H,2H2,1H3. The maximum atomic E-state index is 3.42. The molecular weight excluding hydrogens is 190 g/mol. The summed E-state index contributed by atoms with van der Waals surface area (Å²) in [7, 11) is 0. The maximum Gasteiger partial charge on any atom is 0.0959 e. The van der Waals surface area contributed by atoms with Crippen LogP contribution in [0.4, 0.5) is 10.7 Å². The molecule has 0 atom stereocenters. The lowest BCUT2D eigenvalue weighted by Gasteiger charge is -2.05. The van der Waals surface area contributed by atoms with Crippen molar-refractivity contribution in [2.24, 2.45) is 0 Å². The van der Waals surface area contributed by atoms with Crippen molar-refractivity contribution in [2.75, 3.05) is 5.32 Å². The number of anilines is 2. The minimum Gasteiger partial charge on any atom is -0.347 e. The largest absolute Gasteiger partial charge is 0.347 e. The second-order valence-electron chi connectivity index (χ2n) is 3.12. The first-order chi connectivity index (χ1) is 6.90. The summed E-state index contributed by atoms with van der Waals surface area (Å²) in [5, 5.41) is 6.81. The van der Waals surface area contributed by atoms with E-state index in [0.29, 0.717) is 0 Å². The minimum atomic E-state index is 1.08. The first-order valence-electron chi connectivity index (χ1n) is 4.78. The first-order valence-corrected chi connectivity index (χ1v) is 5.66. The van der Waals surface area contributed by atoms with Crippen molar-refractivity contribution < 1.29 is 0 Å². The van der Waals surface area contributed by atoms with E-state index in [1.54, 1.807) is 11.3 Å². The number of benzene rings is 1. The Kier molecular flexibility index (Phi) is 2.84. The van der Waals surface area contributed by atoms with Crippen LogP contribution < -0.4 is 5.32 Å². The van der Waals surface area contributed by atoms with Gasteiger partial charge in [0.05, 0.1) is 5.00 Å². The Morgan fingerprint density at radius 1 is 1.14 bits per heavy atom. The van der Waals surface area contributed by atoms with Gasteiger partial charge in [-0.25, -0.2) is 0 Å². The predicted molar refractivity (Wildman–Crippen MR) is 63.4 cm³/mol. The summed E-state index contributed by atoms with van der Waals surface area (Å²) < 4.78 is 0. The molecule has 72 valence electrons. The first kappa shape index (κ1) is 9.28. The molecule has 0 fully saturated rings. The summed E-state index contributed by atoms with van der Waals surface area (Å²) in [4.78, 5) is 0. The highest BCUT2D eigenvalue weighted by molar-refractivity contribution is 7.14. The third kappa shape index (κ3) is 1.96. The van der Waals surface area contributed by atoms with Crippen LogP contribution in [0.15, 0.2) is 41.8 Å². The smallest absolute Gasteiger partial charge is 0.0959 e. The molecule has 2 aromatic rings. The van der Waals surface area contributed by atoms with Gasteiger partial charge < -0.3 is 5.32 Å². The van der Waals surface area contributed by atoms with Gasteiger partial charge in [0, 0.05) is 5.69 Å². The number of thiophene rings is 1. The Morgan fingerprint density at radius 2 is 1.93 bits per heavy atom. The summed E-state index contributed by atoms with van der Waals surface area (Å²) >= 11 is 1.76. The van der Waals surface area contributed by atoms with Crippen LogP contribution in [0.25, 0.3) is 0 Å². The molecule has 1 heterocycles. The predicted octanol–water partition coefficient (Wildman–Crippen LogP) is 4.05. The van der Waals surface area contributed by atoms with Crippen LogP contribution >= 0.6 is 11.3 Å². The van der Waals surface area contributed by atoms with Gasteiger partial charge in [0.1, 0.15) is 0 Å². The Hall–Kier alpha value is -1.28. The number of hydrogen-bond acceptors (Lipinski definition) is 2. The highest BCUT2D eigenvalue weighted by Crippen LogP contribution is 2.27. The van der Waals surface area contributed by atoms with Crippen LogP contribution in [-0.4, -0.2) is 0 Å². The molecule has 0 radical (unpaired) electrons. The van der Waals surface area contributed by atoms with Gasteiger partial charge in [-0.15, -0.1) is 11.3 Å². The number of hydrogen-bond donors (Lipinski definition) is 1. The molecule has 2 heteroatoms. The average Bonchev–Trinajstić information content (AvgIpc) is 2.67. The summed E-state index contributed by atoms with van der Waals surface area (Å²) in [6.07, 6.45) is 1.08. The zero-order valence-corrected chi connectivity index (χ0v) is 8.97. The summed E-state index contributed by atoms with van der Waals surface area (Å²) in [5.74, 6) is 0. The molecule has 0 aliphatic carbocycles. The molecule has 0 unspecified atom stereocenters. The van der Waals surface area contributed by atoms with E-state index in [9.17, 15) is 0 Å². The average molecular weight is 203 g/mol. The summed E-state index contributed by atoms with van der Waals surface area (Å²) in [6, 6.07) is 12.5. The highest BCUT2D eigenvalue weighted by Gasteiger charge is 2.01. The van der Waals surface area contributed by atoms with Gasteiger partial charge in [-0.1, -0.05) is 25.1 Å². The van der Waals surface area contributed by atoms with Crippen LogP contribution in [0.1, 0.15) is 12.5 Å². The fourth-order valence-corrected chi connectivity index (χ4v) is 2.29. The summed E-state index contributed by atoms with van der Waals surface area (Å²) in [5.41, 5.74) is 2.54. The molecule has 2 rings (SSSR count). The van der Waals surface area contributed by atoms with E-state index in [1.807, 2.05) is 18.2 Å². The van der Waals surface area contributed by atoms with Crippen LogP contribution in [-0.2, 0) is 6.42 Å². The van der Waals surface area contributed by atoms with Crippen molar-refractivity contribution >= 4 is 22.0 Å². The molecular formula is C12H13NS. The Labute approximate surface area is 88.4 Å². The zero-order valence-electron chi connectivity index (χ0n) is 8.16. The second kappa shape index (κ2) is 4.29. The van der Waals surface area contributed by atoms with Gasteiger partial charge in [0.15, 0.2) is 0 Å². The SMILES string of the molecule is CCc1ccsc1Nc1ccccc1. The van der Waals surface area contributed by atoms with Crippen molar-refractivity contribution in [3.63, 3.8) is 0 Å². The molecule has 0 bridgehead atoms. The molecule has 1 aromatic carbocycles. The van der Waals surface area contributed by atoms with Crippen molar-refractivity contribution in [1.82, 2.24) is 0 Å². The van der Waals surface area contributed by atoms with Crippen molar-refractivity contribution in [2.45, 2.75) is 13.3 Å². The van der Waals surface area contributed by atoms with Gasteiger partial charge in [-0.2, -0.15) is 0 Å². The molecule has 1 N–H and O–H groups in total. The van der Waals surface area contributed by atoms with Gasteiger partial charge in [0.2, 0.25) is 0 Å². The molecule has 1 nitrogen and oxygen atoms in total. The Bertz CT molecular complexity index is 392. The minimum absolute atomic E-state index is 1.08. The Morgan fingerprint density at radius 3 is 2.64 bits per heavy atom. The molecule has 0 aliphatic heterocycles. The molecule has 14 heavy (non-hydrogen) atoms. The van der Waals surface area contributed by atoms with E-state index < -0.39 is 0 Å². The van der Waals surface area contributed by atoms with Crippen LogP contribution in [0.3, 0.4) is 0 Å². The fraction of sp³-hybridized carbons (Fsp3) is 0.167. The molecule has 0 spiro atoms. The van der Waals surface area contributed by atoms with Gasteiger partial charge >= 0.3 is 0 Å². The van der Waals surface area contributed by atoms with Crippen molar-refractivity contribution in [3.8, 4) is 0 Å². The third-order valence-electron chi connectivity index (χ3n) is 2.16. The Balaban J connectivity index is 2.19. The molecule has 0 aliphatic rings. The van der Waals surface area contributed by atoms with Crippen molar-refractivity contribution in [1.29, 1.82) is 0 Å². The van der Waals surface area contributed by atoms with Crippen LogP contribution in [0.5, 0.6) is 0 Å². The third-order valence-corrected chi connectivity index (χ3v) is 3.03. The quantitative estimate of drug-likeness (QED) is 0.793. The zero-order chi connectivity index (χ0) is 9.80. The van der Waals surface area contributed by atoms with E-state index >= 15 is 0 Å². The molecule has 0 amide bonds. The maximum absolute atomic E-state index is 3.42. The lowest BCUT2D eigenvalue weighted by atomic mass is 10.2. The van der Waals surface area contributed by atoms with Gasteiger partial charge in [-0.3, -0.25) is 0 Å². The lowest BCUT2D eigenvalue weighted by Crippen LogP contribution is -1.89. The molecule has 1 aromatic heterocycles. The normalized spacial score (nSPS) is 10.1. The monoisotopic (exact) mass is 203 g/mol. The number of aryl methyl sites for hydroxylation is 1. The van der Waals surface area contributed by atoms with E-state index in [2.05, 4.69) is 35.8 Å². The second-order valence-corrected chi connectivity index (χ2v) is 4.04. The van der Waals surface area contributed by atoms with Crippen molar-refractivity contribution in [3.05, 3.63) is 47.3 Å². The molecule has 0 saturated carbocycles. The lowest BCUT2D eigenvalue weighted by molar-refractivity contribution is 1.16. The van der Waals surface area contributed by atoms with E-state index in [1.165, 1.54) is 10.6 Å². The van der Waals surface area contributed by atoms with Gasteiger partial charge in [0.25, 0.3) is 0 Å². The number of nitrogens with one attached hydrogen (secondary N) is 1. The van der Waals surface area contributed by atoms with Crippen LogP contribution in [0.2, 0.25) is 0 Å². The van der Waals surface area contributed by atoms with E-state index in [-0.39, 0.29) is 0 Å². The number of para-hydroxylation sites is 1. The van der Waals surface area contributed by atoms with Gasteiger partial charge in [-0.05, 0) is 35.6 Å². The van der Waals surface area contributed by atoms with E-state index in [4.69, 9.17) is 0 Å². The van der Waals surface area contributed by atoms with E-state index in [0.717, 1.165) is 12.1 Å². The summed E-state index contributed by atoms with van der Waals surface area (Å²) in [6.45, 7) is 2.18. The number of rotatable bonds is 3. The van der Waals surface area contributed by atoms with Crippen LogP contribution in [0, 0.1) is 0 Å². The molecule has 0 saturated heterocycles. The fourth-order valence-electron chi connectivity index (χ4n) is 1.38. The highest BCUT2D eigenvalue weighted by atomic mass is 32.1.